The highest BCUT2D eigenvalue weighted by molar-refractivity contribution is 7.99. The number of nitrogen functional groups attached to an aromatic ring is 1. The third-order valence-electron chi connectivity index (χ3n) is 2.93. The third-order valence-corrected chi connectivity index (χ3v) is 3.97. The van der Waals surface area contributed by atoms with E-state index in [9.17, 15) is 0 Å². The molecule has 21 heavy (non-hydrogen) atoms. The maximum absolute atomic E-state index is 5.83. The first-order valence-corrected chi connectivity index (χ1v) is 7.25. The van der Waals surface area contributed by atoms with E-state index in [1.807, 2.05) is 37.3 Å². The van der Waals surface area contributed by atoms with Crippen molar-refractivity contribution >= 4 is 11.8 Å². The molecule has 1 aromatic carbocycles. The zero-order valence-corrected chi connectivity index (χ0v) is 12.4. The summed E-state index contributed by atoms with van der Waals surface area (Å²) in [6.45, 7) is 3.75. The second-order valence-corrected chi connectivity index (χ2v) is 5.78. The molecule has 2 heterocycles. The van der Waals surface area contributed by atoms with Crippen LogP contribution in [0.25, 0.3) is 11.5 Å². The molecule has 0 aliphatic heterocycles. The van der Waals surface area contributed by atoms with E-state index < -0.39 is 0 Å². The molecule has 0 unspecified atom stereocenters. The number of benzene rings is 1. The van der Waals surface area contributed by atoms with Crippen molar-refractivity contribution in [3.8, 4) is 11.5 Å². The molecule has 0 amide bonds. The standard InChI is InChI=1S/C13H14N6OS/c1-8(21-13-18-15-9(2)19(13)14)11-16-17-12(20-11)10-6-4-3-5-7-10/h3-8H,14H2,1-2H3/t8-/m1/s1. The van der Waals surface area contributed by atoms with Crippen LogP contribution in [-0.2, 0) is 0 Å². The first kappa shape index (κ1) is 13.6. The largest absolute Gasteiger partial charge is 0.419 e. The molecule has 7 nitrogen and oxygen atoms in total. The Bertz CT molecular complexity index is 738. The molecule has 8 heteroatoms. The fraction of sp³-hybridized carbons (Fsp3) is 0.231. The quantitative estimate of drug-likeness (QED) is 0.583. The lowest BCUT2D eigenvalue weighted by Gasteiger charge is -2.05. The van der Waals surface area contributed by atoms with Gasteiger partial charge in [-0.1, -0.05) is 30.0 Å². The van der Waals surface area contributed by atoms with Gasteiger partial charge < -0.3 is 10.3 Å². The van der Waals surface area contributed by atoms with Crippen molar-refractivity contribution in [1.82, 2.24) is 25.1 Å². The van der Waals surface area contributed by atoms with Crippen LogP contribution < -0.4 is 5.84 Å². The number of hydrogen-bond acceptors (Lipinski definition) is 7. The Kier molecular flexibility index (Phi) is 3.61. The highest BCUT2D eigenvalue weighted by Crippen LogP contribution is 2.33. The summed E-state index contributed by atoms with van der Waals surface area (Å²) in [5, 5.41) is 16.6. The fourth-order valence-electron chi connectivity index (χ4n) is 1.74. The second-order valence-electron chi connectivity index (χ2n) is 4.47. The van der Waals surface area contributed by atoms with Gasteiger partial charge in [-0.2, -0.15) is 0 Å². The Morgan fingerprint density at radius 1 is 1.14 bits per heavy atom. The van der Waals surface area contributed by atoms with E-state index in [2.05, 4.69) is 20.4 Å². The van der Waals surface area contributed by atoms with Crippen molar-refractivity contribution in [2.24, 2.45) is 0 Å². The molecule has 0 saturated heterocycles. The minimum atomic E-state index is -0.0686. The Hall–Kier alpha value is -2.35. The van der Waals surface area contributed by atoms with Gasteiger partial charge in [0, 0.05) is 5.56 Å². The van der Waals surface area contributed by atoms with Gasteiger partial charge in [0.05, 0.1) is 5.25 Å². The third kappa shape index (κ3) is 2.75. The van der Waals surface area contributed by atoms with E-state index in [-0.39, 0.29) is 5.25 Å². The van der Waals surface area contributed by atoms with Crippen LogP contribution in [0, 0.1) is 6.92 Å². The monoisotopic (exact) mass is 302 g/mol. The normalized spacial score (nSPS) is 12.5. The van der Waals surface area contributed by atoms with Crippen LogP contribution in [0.3, 0.4) is 0 Å². The van der Waals surface area contributed by atoms with Gasteiger partial charge in [0.1, 0.15) is 5.82 Å². The van der Waals surface area contributed by atoms with Gasteiger partial charge in [-0.05, 0) is 26.0 Å². The summed E-state index contributed by atoms with van der Waals surface area (Å²) in [6, 6.07) is 9.65. The smallest absolute Gasteiger partial charge is 0.247 e. The van der Waals surface area contributed by atoms with Gasteiger partial charge in [-0.3, -0.25) is 0 Å². The average molecular weight is 302 g/mol. The number of aryl methyl sites for hydroxylation is 1. The maximum Gasteiger partial charge on any atom is 0.247 e. The van der Waals surface area contributed by atoms with E-state index in [4.69, 9.17) is 10.3 Å². The molecular weight excluding hydrogens is 288 g/mol. The molecule has 3 rings (SSSR count). The van der Waals surface area contributed by atoms with Crippen LogP contribution in [0.1, 0.15) is 23.9 Å². The summed E-state index contributed by atoms with van der Waals surface area (Å²) in [5.41, 5.74) is 0.895. The summed E-state index contributed by atoms with van der Waals surface area (Å²) in [4.78, 5) is 0. The van der Waals surface area contributed by atoms with Crippen molar-refractivity contribution in [1.29, 1.82) is 0 Å². The van der Waals surface area contributed by atoms with E-state index >= 15 is 0 Å². The highest BCUT2D eigenvalue weighted by atomic mass is 32.2. The molecule has 1 atom stereocenters. The number of aromatic nitrogens is 5. The minimum absolute atomic E-state index is 0.0686. The maximum atomic E-state index is 5.83. The lowest BCUT2D eigenvalue weighted by atomic mass is 10.2. The van der Waals surface area contributed by atoms with E-state index in [1.165, 1.54) is 16.4 Å². The fourth-order valence-corrected chi connectivity index (χ4v) is 2.58. The van der Waals surface area contributed by atoms with Gasteiger partial charge in [-0.15, -0.1) is 20.4 Å². The lowest BCUT2D eigenvalue weighted by molar-refractivity contribution is 0.509. The van der Waals surface area contributed by atoms with Crippen molar-refractivity contribution in [3.63, 3.8) is 0 Å². The number of nitrogens with two attached hydrogens (primary N) is 1. The number of hydrogen-bond donors (Lipinski definition) is 1. The van der Waals surface area contributed by atoms with E-state index in [1.54, 1.807) is 6.92 Å². The van der Waals surface area contributed by atoms with Crippen LogP contribution in [0.15, 0.2) is 39.9 Å². The Morgan fingerprint density at radius 2 is 1.90 bits per heavy atom. The highest BCUT2D eigenvalue weighted by Gasteiger charge is 2.19. The second kappa shape index (κ2) is 5.57. The molecule has 3 aromatic rings. The van der Waals surface area contributed by atoms with Crippen LogP contribution in [0.4, 0.5) is 0 Å². The van der Waals surface area contributed by atoms with Crippen molar-refractivity contribution in [2.75, 3.05) is 5.84 Å². The topological polar surface area (TPSA) is 95.6 Å². The summed E-state index contributed by atoms with van der Waals surface area (Å²) < 4.78 is 7.15. The van der Waals surface area contributed by atoms with Gasteiger partial charge >= 0.3 is 0 Å². The summed E-state index contributed by atoms with van der Waals surface area (Å²) in [6.07, 6.45) is 0. The molecule has 0 aliphatic carbocycles. The Morgan fingerprint density at radius 3 is 2.57 bits per heavy atom. The molecule has 0 fully saturated rings. The van der Waals surface area contributed by atoms with Crippen molar-refractivity contribution in [2.45, 2.75) is 24.3 Å². The number of thioether (sulfide) groups is 1. The molecule has 0 spiro atoms. The number of nitrogens with zero attached hydrogens (tertiary/aromatic N) is 5. The SMILES string of the molecule is Cc1nnc(S[C@H](C)c2nnc(-c3ccccc3)o2)n1N. The van der Waals surface area contributed by atoms with Gasteiger partial charge in [0.15, 0.2) is 0 Å². The summed E-state index contributed by atoms with van der Waals surface area (Å²) in [5.74, 6) is 7.51. The van der Waals surface area contributed by atoms with E-state index in [0.29, 0.717) is 22.8 Å². The predicted octanol–water partition coefficient (Wildman–Crippen LogP) is 2.20. The molecule has 0 radical (unpaired) electrons. The molecule has 0 bridgehead atoms. The van der Waals surface area contributed by atoms with Crippen LogP contribution in [0.2, 0.25) is 0 Å². The molecule has 0 aliphatic rings. The summed E-state index contributed by atoms with van der Waals surface area (Å²) in [7, 11) is 0. The van der Waals surface area contributed by atoms with Gasteiger partial charge in [-0.25, -0.2) is 4.68 Å². The Balaban J connectivity index is 1.78. The number of rotatable bonds is 4. The van der Waals surface area contributed by atoms with Crippen LogP contribution in [0.5, 0.6) is 0 Å². The molecule has 0 saturated carbocycles. The minimum Gasteiger partial charge on any atom is -0.419 e. The zero-order valence-electron chi connectivity index (χ0n) is 11.6. The van der Waals surface area contributed by atoms with Crippen molar-refractivity contribution < 1.29 is 4.42 Å². The average Bonchev–Trinajstić information content (AvgIpc) is 3.11. The molecule has 108 valence electrons. The first-order chi connectivity index (χ1) is 10.1. The Labute approximate surface area is 125 Å². The van der Waals surface area contributed by atoms with E-state index in [0.717, 1.165) is 5.56 Å². The van der Waals surface area contributed by atoms with Crippen LogP contribution in [-0.4, -0.2) is 25.1 Å². The van der Waals surface area contributed by atoms with Crippen LogP contribution >= 0.6 is 11.8 Å². The molecule has 2 aromatic heterocycles. The van der Waals surface area contributed by atoms with Crippen molar-refractivity contribution in [3.05, 3.63) is 42.0 Å². The molecular formula is C13H14N6OS. The zero-order chi connectivity index (χ0) is 14.8. The summed E-state index contributed by atoms with van der Waals surface area (Å²) >= 11 is 1.42. The van der Waals surface area contributed by atoms with Gasteiger partial charge in [0.25, 0.3) is 0 Å². The predicted molar refractivity (Wildman–Crippen MR) is 78.9 cm³/mol. The first-order valence-electron chi connectivity index (χ1n) is 6.37. The van der Waals surface area contributed by atoms with Gasteiger partial charge in [0.2, 0.25) is 16.9 Å². The lowest BCUT2D eigenvalue weighted by Crippen LogP contribution is -2.11. The molecule has 2 N–H and O–H groups in total.